The number of methoxy groups -OCH3 is 1. The van der Waals surface area contributed by atoms with Gasteiger partial charge in [-0.25, -0.2) is 0 Å². The number of hydrogen-bond acceptors (Lipinski definition) is 3. The Hall–Kier alpha value is 0.360. The SMILES string of the molecule is COCCOCCCN1CCC(Br)C1. The van der Waals surface area contributed by atoms with Crippen molar-refractivity contribution in [1.82, 2.24) is 4.90 Å². The molecule has 0 amide bonds. The second-order valence-electron chi connectivity index (χ2n) is 3.65. The van der Waals surface area contributed by atoms with Gasteiger partial charge in [-0.15, -0.1) is 0 Å². The molecule has 3 nitrogen and oxygen atoms in total. The molecule has 1 saturated heterocycles. The zero-order chi connectivity index (χ0) is 10.2. The maximum Gasteiger partial charge on any atom is 0.0700 e. The molecular formula is C10H20BrNO2. The van der Waals surface area contributed by atoms with Crippen LogP contribution in [0.4, 0.5) is 0 Å². The lowest BCUT2D eigenvalue weighted by Gasteiger charge is -2.14. The molecule has 0 saturated carbocycles. The van der Waals surface area contributed by atoms with E-state index in [1.165, 1.54) is 19.5 Å². The normalized spacial score (nSPS) is 23.1. The summed E-state index contributed by atoms with van der Waals surface area (Å²) in [5.74, 6) is 0. The van der Waals surface area contributed by atoms with Gasteiger partial charge >= 0.3 is 0 Å². The predicted octanol–water partition coefficient (Wildman–Crippen LogP) is 1.51. The van der Waals surface area contributed by atoms with Crippen LogP contribution >= 0.6 is 15.9 Å². The molecule has 0 N–H and O–H groups in total. The Morgan fingerprint density at radius 1 is 1.36 bits per heavy atom. The number of nitrogens with zero attached hydrogens (tertiary/aromatic N) is 1. The molecule has 0 aromatic heterocycles. The highest BCUT2D eigenvalue weighted by atomic mass is 79.9. The molecule has 1 aliphatic rings. The van der Waals surface area contributed by atoms with Crippen LogP contribution in [0.1, 0.15) is 12.8 Å². The molecule has 0 bridgehead atoms. The van der Waals surface area contributed by atoms with Crippen LogP contribution < -0.4 is 0 Å². The van der Waals surface area contributed by atoms with Crippen LogP contribution in [0.3, 0.4) is 0 Å². The Balaban J connectivity index is 1.84. The van der Waals surface area contributed by atoms with E-state index in [0.717, 1.165) is 26.2 Å². The van der Waals surface area contributed by atoms with Gasteiger partial charge in [-0.05, 0) is 19.4 Å². The quantitative estimate of drug-likeness (QED) is 0.515. The van der Waals surface area contributed by atoms with Gasteiger partial charge in [0.15, 0.2) is 0 Å². The lowest BCUT2D eigenvalue weighted by atomic mass is 10.4. The van der Waals surface area contributed by atoms with E-state index in [4.69, 9.17) is 9.47 Å². The molecule has 14 heavy (non-hydrogen) atoms. The maximum absolute atomic E-state index is 5.40. The molecule has 4 heteroatoms. The first-order valence-corrected chi connectivity index (χ1v) is 6.17. The number of alkyl halides is 1. The second-order valence-corrected chi connectivity index (χ2v) is 4.94. The van der Waals surface area contributed by atoms with Crippen molar-refractivity contribution in [1.29, 1.82) is 0 Å². The largest absolute Gasteiger partial charge is 0.382 e. The minimum absolute atomic E-state index is 0.702. The number of likely N-dealkylation sites (tertiary alicyclic amines) is 1. The summed E-state index contributed by atoms with van der Waals surface area (Å²) in [5, 5.41) is 0. The van der Waals surface area contributed by atoms with Crippen molar-refractivity contribution in [2.45, 2.75) is 17.7 Å². The predicted molar refractivity (Wildman–Crippen MR) is 61.1 cm³/mol. The molecule has 0 spiro atoms. The van der Waals surface area contributed by atoms with Crippen molar-refractivity contribution in [2.75, 3.05) is 46.6 Å². The topological polar surface area (TPSA) is 21.7 Å². The van der Waals surface area contributed by atoms with Gasteiger partial charge in [0, 0.05) is 31.6 Å². The van der Waals surface area contributed by atoms with E-state index >= 15 is 0 Å². The average molecular weight is 266 g/mol. The van der Waals surface area contributed by atoms with Gasteiger partial charge in [-0.1, -0.05) is 15.9 Å². The van der Waals surface area contributed by atoms with Crippen LogP contribution in [0.2, 0.25) is 0 Å². The zero-order valence-corrected chi connectivity index (χ0v) is 10.5. The monoisotopic (exact) mass is 265 g/mol. The molecule has 0 aromatic rings. The number of rotatable bonds is 7. The summed E-state index contributed by atoms with van der Waals surface area (Å²) < 4.78 is 10.3. The van der Waals surface area contributed by atoms with E-state index in [1.54, 1.807) is 7.11 Å². The third-order valence-corrected chi connectivity index (χ3v) is 3.16. The fourth-order valence-electron chi connectivity index (χ4n) is 1.62. The lowest BCUT2D eigenvalue weighted by Crippen LogP contribution is -2.23. The van der Waals surface area contributed by atoms with Gasteiger partial charge in [0.2, 0.25) is 0 Å². The Morgan fingerprint density at radius 3 is 2.86 bits per heavy atom. The van der Waals surface area contributed by atoms with Crippen molar-refractivity contribution >= 4 is 15.9 Å². The van der Waals surface area contributed by atoms with Gasteiger partial charge < -0.3 is 14.4 Å². The van der Waals surface area contributed by atoms with Crippen molar-refractivity contribution in [3.05, 3.63) is 0 Å². The summed E-state index contributed by atoms with van der Waals surface area (Å²) in [6.45, 7) is 5.86. The van der Waals surface area contributed by atoms with Crippen LogP contribution in [0, 0.1) is 0 Å². The first-order chi connectivity index (χ1) is 6.83. The van der Waals surface area contributed by atoms with Gasteiger partial charge in [-0.2, -0.15) is 0 Å². The summed E-state index contributed by atoms with van der Waals surface area (Å²) in [6.07, 6.45) is 2.41. The summed E-state index contributed by atoms with van der Waals surface area (Å²) in [4.78, 5) is 3.19. The van der Waals surface area contributed by atoms with E-state index < -0.39 is 0 Å². The molecule has 0 aliphatic carbocycles. The summed E-state index contributed by atoms with van der Waals surface area (Å²) in [7, 11) is 1.70. The van der Waals surface area contributed by atoms with Crippen LogP contribution in [-0.2, 0) is 9.47 Å². The van der Waals surface area contributed by atoms with Crippen LogP contribution in [0.15, 0.2) is 0 Å². The van der Waals surface area contributed by atoms with Gasteiger partial charge in [0.05, 0.1) is 13.2 Å². The minimum atomic E-state index is 0.702. The molecule has 84 valence electrons. The molecule has 1 aliphatic heterocycles. The lowest BCUT2D eigenvalue weighted by molar-refractivity contribution is 0.0662. The zero-order valence-electron chi connectivity index (χ0n) is 8.88. The molecule has 1 rings (SSSR count). The highest BCUT2D eigenvalue weighted by Gasteiger charge is 2.18. The molecule has 1 unspecified atom stereocenters. The van der Waals surface area contributed by atoms with Crippen molar-refractivity contribution in [3.63, 3.8) is 0 Å². The van der Waals surface area contributed by atoms with E-state index in [2.05, 4.69) is 20.8 Å². The van der Waals surface area contributed by atoms with Crippen molar-refractivity contribution < 1.29 is 9.47 Å². The number of halogens is 1. The Labute approximate surface area is 94.9 Å². The van der Waals surface area contributed by atoms with E-state index in [1.807, 2.05) is 0 Å². The molecular weight excluding hydrogens is 246 g/mol. The number of ether oxygens (including phenoxy) is 2. The van der Waals surface area contributed by atoms with Crippen LogP contribution in [0.5, 0.6) is 0 Å². The molecule has 1 atom stereocenters. The fourth-order valence-corrected chi connectivity index (χ4v) is 2.24. The summed E-state index contributed by atoms with van der Waals surface area (Å²) >= 11 is 3.63. The molecule has 1 fully saturated rings. The highest BCUT2D eigenvalue weighted by Crippen LogP contribution is 2.16. The van der Waals surface area contributed by atoms with E-state index in [9.17, 15) is 0 Å². The first-order valence-electron chi connectivity index (χ1n) is 5.26. The molecule has 1 heterocycles. The van der Waals surface area contributed by atoms with Gasteiger partial charge in [0.1, 0.15) is 0 Å². The number of hydrogen-bond donors (Lipinski definition) is 0. The summed E-state index contributed by atoms with van der Waals surface area (Å²) in [6, 6.07) is 0. The van der Waals surface area contributed by atoms with Crippen molar-refractivity contribution in [2.24, 2.45) is 0 Å². The van der Waals surface area contributed by atoms with Crippen molar-refractivity contribution in [3.8, 4) is 0 Å². The first kappa shape index (κ1) is 12.4. The maximum atomic E-state index is 5.40. The minimum Gasteiger partial charge on any atom is -0.382 e. The Kier molecular flexibility index (Phi) is 6.77. The van der Waals surface area contributed by atoms with Gasteiger partial charge in [-0.3, -0.25) is 0 Å². The highest BCUT2D eigenvalue weighted by molar-refractivity contribution is 9.09. The van der Waals surface area contributed by atoms with Crippen LogP contribution in [0.25, 0.3) is 0 Å². The Bertz CT molecular complexity index is 146. The second kappa shape index (κ2) is 7.63. The average Bonchev–Trinajstić information content (AvgIpc) is 2.58. The Morgan fingerprint density at radius 2 is 2.21 bits per heavy atom. The summed E-state index contributed by atoms with van der Waals surface area (Å²) in [5.41, 5.74) is 0. The smallest absolute Gasteiger partial charge is 0.0700 e. The van der Waals surface area contributed by atoms with Gasteiger partial charge in [0.25, 0.3) is 0 Å². The fraction of sp³-hybridized carbons (Fsp3) is 1.00. The molecule has 0 aromatic carbocycles. The van der Waals surface area contributed by atoms with E-state index in [-0.39, 0.29) is 0 Å². The third-order valence-electron chi connectivity index (χ3n) is 2.41. The standard InChI is InChI=1S/C10H20BrNO2/c1-13-7-8-14-6-2-4-12-5-3-10(11)9-12/h10H,2-9H2,1H3. The molecule has 0 radical (unpaired) electrons. The third kappa shape index (κ3) is 5.29. The van der Waals surface area contributed by atoms with Crippen LogP contribution in [-0.4, -0.2) is 56.3 Å². The van der Waals surface area contributed by atoms with E-state index in [0.29, 0.717) is 11.4 Å².